The highest BCUT2D eigenvalue weighted by atomic mass is 16.5. The lowest BCUT2D eigenvalue weighted by Gasteiger charge is -2.18. The Morgan fingerprint density at radius 1 is 1.00 bits per heavy atom. The van der Waals surface area contributed by atoms with Gasteiger partial charge in [-0.2, -0.15) is 0 Å². The largest absolute Gasteiger partial charge is 0.486 e. The minimum Gasteiger partial charge on any atom is -0.486 e. The van der Waals surface area contributed by atoms with Gasteiger partial charge in [-0.15, -0.1) is 0 Å². The van der Waals surface area contributed by atoms with Gasteiger partial charge in [-0.1, -0.05) is 37.3 Å². The Morgan fingerprint density at radius 2 is 1.64 bits per heavy atom. The molecular weight excluding hydrogens is 284 g/mol. The Balaban J connectivity index is 2.31. The highest BCUT2D eigenvalue weighted by Gasteiger charge is 2.18. The fraction of sp³-hybridized carbons (Fsp3) is 0.176. The number of carboxylic acid groups (broad SMARTS) is 2. The van der Waals surface area contributed by atoms with E-state index in [1.807, 2.05) is 37.3 Å². The average Bonchev–Trinajstić information content (AvgIpc) is 2.53. The van der Waals surface area contributed by atoms with Gasteiger partial charge in [0.2, 0.25) is 0 Å². The number of ether oxygens (including phenoxy) is 1. The first kappa shape index (κ1) is 15.6. The standard InChI is InChI=1S/C17H16O5/c1-2-15(11-6-4-3-5-7-11)22-12-8-9-13(16(18)19)14(10-12)17(20)21/h3-10,15H,2H2,1H3,(H,18,19)(H,20,21). The van der Waals surface area contributed by atoms with Gasteiger partial charge in [-0.3, -0.25) is 0 Å². The van der Waals surface area contributed by atoms with Crippen molar-refractivity contribution in [2.24, 2.45) is 0 Å². The molecular formula is C17H16O5. The summed E-state index contributed by atoms with van der Waals surface area (Å²) in [5.41, 5.74) is 0.435. The third-order valence-corrected chi connectivity index (χ3v) is 3.27. The van der Waals surface area contributed by atoms with Crippen molar-refractivity contribution in [3.05, 3.63) is 65.2 Å². The lowest BCUT2D eigenvalue weighted by atomic mass is 10.1. The lowest BCUT2D eigenvalue weighted by molar-refractivity contribution is 0.0650. The lowest BCUT2D eigenvalue weighted by Crippen LogP contribution is -2.10. The molecule has 5 nitrogen and oxygen atoms in total. The summed E-state index contributed by atoms with van der Waals surface area (Å²) in [7, 11) is 0. The van der Waals surface area contributed by atoms with E-state index >= 15 is 0 Å². The van der Waals surface area contributed by atoms with E-state index in [-0.39, 0.29) is 17.2 Å². The molecule has 0 amide bonds. The molecule has 22 heavy (non-hydrogen) atoms. The number of benzene rings is 2. The Bertz CT molecular complexity index is 679. The molecule has 0 bridgehead atoms. The SMILES string of the molecule is CCC(Oc1ccc(C(=O)O)c(C(=O)O)c1)c1ccccc1. The zero-order chi connectivity index (χ0) is 16.1. The van der Waals surface area contributed by atoms with Crippen LogP contribution in [-0.4, -0.2) is 22.2 Å². The maximum absolute atomic E-state index is 11.2. The molecule has 0 aliphatic carbocycles. The third kappa shape index (κ3) is 3.44. The predicted octanol–water partition coefficient (Wildman–Crippen LogP) is 3.61. The first-order chi connectivity index (χ1) is 10.5. The summed E-state index contributed by atoms with van der Waals surface area (Å²) in [4.78, 5) is 22.2. The van der Waals surface area contributed by atoms with Gasteiger partial charge >= 0.3 is 11.9 Å². The van der Waals surface area contributed by atoms with Gasteiger partial charge in [0.15, 0.2) is 0 Å². The summed E-state index contributed by atoms with van der Waals surface area (Å²) < 4.78 is 5.82. The highest BCUT2D eigenvalue weighted by Crippen LogP contribution is 2.26. The first-order valence-corrected chi connectivity index (χ1v) is 6.85. The molecule has 2 rings (SSSR count). The van der Waals surface area contributed by atoms with E-state index in [4.69, 9.17) is 14.9 Å². The fourth-order valence-corrected chi connectivity index (χ4v) is 2.18. The molecule has 114 valence electrons. The monoisotopic (exact) mass is 300 g/mol. The Morgan fingerprint density at radius 3 is 2.18 bits per heavy atom. The van der Waals surface area contributed by atoms with Crippen molar-refractivity contribution in [2.75, 3.05) is 0 Å². The first-order valence-electron chi connectivity index (χ1n) is 6.85. The number of aromatic carboxylic acids is 2. The minimum absolute atomic E-state index is 0.224. The van der Waals surface area contributed by atoms with Crippen molar-refractivity contribution in [3.63, 3.8) is 0 Å². The second kappa shape index (κ2) is 6.76. The van der Waals surface area contributed by atoms with Gasteiger partial charge in [-0.25, -0.2) is 9.59 Å². The molecule has 0 saturated heterocycles. The van der Waals surface area contributed by atoms with Crippen LogP contribution in [-0.2, 0) is 0 Å². The molecule has 0 spiro atoms. The molecule has 0 fully saturated rings. The Hall–Kier alpha value is -2.82. The normalized spacial score (nSPS) is 11.7. The minimum atomic E-state index is -1.30. The molecule has 2 N–H and O–H groups in total. The summed E-state index contributed by atoms with van der Waals surface area (Å²) in [6.45, 7) is 1.96. The Kier molecular flexibility index (Phi) is 4.78. The zero-order valence-electron chi connectivity index (χ0n) is 12.0. The van der Waals surface area contributed by atoms with E-state index in [0.29, 0.717) is 12.2 Å². The Labute approximate surface area is 127 Å². The third-order valence-electron chi connectivity index (χ3n) is 3.27. The zero-order valence-corrected chi connectivity index (χ0v) is 12.0. The summed E-state index contributed by atoms with van der Waals surface area (Å²) in [5.74, 6) is -2.24. The highest BCUT2D eigenvalue weighted by molar-refractivity contribution is 6.01. The summed E-state index contributed by atoms with van der Waals surface area (Å²) in [6, 6.07) is 13.5. The maximum Gasteiger partial charge on any atom is 0.336 e. The average molecular weight is 300 g/mol. The molecule has 1 unspecified atom stereocenters. The molecule has 5 heteroatoms. The van der Waals surface area contributed by atoms with Crippen LogP contribution < -0.4 is 4.74 Å². The van der Waals surface area contributed by atoms with Crippen molar-refractivity contribution >= 4 is 11.9 Å². The molecule has 0 aliphatic heterocycles. The number of hydrogen-bond acceptors (Lipinski definition) is 3. The quantitative estimate of drug-likeness (QED) is 0.851. The van der Waals surface area contributed by atoms with Gasteiger partial charge in [-0.05, 0) is 30.2 Å². The number of rotatable bonds is 6. The van der Waals surface area contributed by atoms with Crippen LogP contribution in [0.25, 0.3) is 0 Å². The van der Waals surface area contributed by atoms with Gasteiger partial charge in [0.25, 0.3) is 0 Å². The van der Waals surface area contributed by atoms with E-state index in [9.17, 15) is 9.59 Å². The van der Waals surface area contributed by atoms with Crippen LogP contribution in [0.1, 0.15) is 45.7 Å². The molecule has 2 aromatic carbocycles. The van der Waals surface area contributed by atoms with E-state index < -0.39 is 11.9 Å². The van der Waals surface area contributed by atoms with E-state index in [1.54, 1.807) is 0 Å². The second-order valence-corrected chi connectivity index (χ2v) is 4.74. The smallest absolute Gasteiger partial charge is 0.336 e. The van der Waals surface area contributed by atoms with Gasteiger partial charge < -0.3 is 14.9 Å². The summed E-state index contributed by atoms with van der Waals surface area (Å²) in [6.07, 6.45) is 0.478. The van der Waals surface area contributed by atoms with Crippen molar-refractivity contribution in [1.29, 1.82) is 0 Å². The van der Waals surface area contributed by atoms with Crippen LogP contribution in [0.2, 0.25) is 0 Å². The number of hydrogen-bond donors (Lipinski definition) is 2. The molecule has 0 saturated carbocycles. The van der Waals surface area contributed by atoms with E-state index in [1.165, 1.54) is 18.2 Å². The molecule has 0 aromatic heterocycles. The van der Waals surface area contributed by atoms with Crippen LogP contribution >= 0.6 is 0 Å². The topological polar surface area (TPSA) is 83.8 Å². The van der Waals surface area contributed by atoms with Crippen LogP contribution in [0.15, 0.2) is 48.5 Å². The molecule has 0 aliphatic rings. The van der Waals surface area contributed by atoms with Crippen LogP contribution in [0.4, 0.5) is 0 Å². The summed E-state index contributed by atoms with van der Waals surface area (Å²) >= 11 is 0. The van der Waals surface area contributed by atoms with Crippen LogP contribution in [0.5, 0.6) is 5.75 Å². The predicted molar refractivity (Wildman–Crippen MR) is 80.5 cm³/mol. The van der Waals surface area contributed by atoms with Gasteiger partial charge in [0.05, 0.1) is 11.1 Å². The number of carbonyl (C=O) groups is 2. The van der Waals surface area contributed by atoms with E-state index in [2.05, 4.69) is 0 Å². The van der Waals surface area contributed by atoms with Gasteiger partial charge in [0, 0.05) is 0 Å². The molecule has 2 aromatic rings. The van der Waals surface area contributed by atoms with Crippen LogP contribution in [0.3, 0.4) is 0 Å². The van der Waals surface area contributed by atoms with Gasteiger partial charge in [0.1, 0.15) is 11.9 Å². The van der Waals surface area contributed by atoms with Crippen molar-refractivity contribution in [3.8, 4) is 5.75 Å². The van der Waals surface area contributed by atoms with Crippen LogP contribution in [0, 0.1) is 0 Å². The van der Waals surface area contributed by atoms with Crippen molar-refractivity contribution < 1.29 is 24.5 Å². The molecule has 0 heterocycles. The number of carboxylic acids is 2. The second-order valence-electron chi connectivity index (χ2n) is 4.74. The summed E-state index contributed by atoms with van der Waals surface area (Å²) in [5, 5.41) is 18.1. The van der Waals surface area contributed by atoms with Crippen molar-refractivity contribution in [1.82, 2.24) is 0 Å². The fourth-order valence-electron chi connectivity index (χ4n) is 2.18. The molecule has 0 radical (unpaired) electrons. The van der Waals surface area contributed by atoms with E-state index in [0.717, 1.165) is 5.56 Å². The maximum atomic E-state index is 11.2. The molecule has 1 atom stereocenters. The van der Waals surface area contributed by atoms with Crippen molar-refractivity contribution in [2.45, 2.75) is 19.4 Å².